The summed E-state index contributed by atoms with van der Waals surface area (Å²) in [6.45, 7) is 2.14. The van der Waals surface area contributed by atoms with Crippen LogP contribution in [0.15, 0.2) is 0 Å². The van der Waals surface area contributed by atoms with Crippen LogP contribution >= 0.6 is 0 Å². The first-order valence-corrected chi connectivity index (χ1v) is 6.20. The van der Waals surface area contributed by atoms with E-state index in [0.29, 0.717) is 6.61 Å². The van der Waals surface area contributed by atoms with Gasteiger partial charge in [0.05, 0.1) is 17.9 Å². The molecule has 0 radical (unpaired) electrons. The van der Waals surface area contributed by atoms with Gasteiger partial charge in [0.2, 0.25) is 10.0 Å². The highest BCUT2D eigenvalue weighted by atomic mass is 32.2. The number of ether oxygens (including phenoxy) is 1. The number of rotatable bonds is 4. The highest BCUT2D eigenvalue weighted by molar-refractivity contribution is 7.89. The first-order chi connectivity index (χ1) is 6.53. The fourth-order valence-corrected chi connectivity index (χ4v) is 2.80. The molecule has 0 aromatic carbocycles. The van der Waals surface area contributed by atoms with Gasteiger partial charge >= 0.3 is 0 Å². The van der Waals surface area contributed by atoms with Crippen LogP contribution in [-0.4, -0.2) is 32.9 Å². The number of sulfonamides is 1. The van der Waals surface area contributed by atoms with Crippen LogP contribution in [0.3, 0.4) is 0 Å². The molecule has 1 saturated heterocycles. The summed E-state index contributed by atoms with van der Waals surface area (Å²) >= 11 is 0. The first-order valence-electron chi connectivity index (χ1n) is 4.55. The van der Waals surface area contributed by atoms with Crippen molar-refractivity contribution in [1.82, 2.24) is 4.72 Å². The number of nitriles is 1. The fraction of sp³-hybridized carbons (Fsp3) is 0.875. The average Bonchev–Trinajstić information content (AvgIpc) is 2.54. The van der Waals surface area contributed by atoms with Crippen molar-refractivity contribution in [3.05, 3.63) is 0 Å². The Balaban J connectivity index is 2.45. The molecule has 2 atom stereocenters. The van der Waals surface area contributed by atoms with Crippen molar-refractivity contribution in [1.29, 1.82) is 5.26 Å². The van der Waals surface area contributed by atoms with Crippen LogP contribution in [-0.2, 0) is 14.8 Å². The third-order valence-corrected chi connectivity index (χ3v) is 3.50. The van der Waals surface area contributed by atoms with Gasteiger partial charge in [0.25, 0.3) is 0 Å². The molecule has 2 unspecified atom stereocenters. The maximum Gasteiger partial charge on any atom is 0.215 e. The molecule has 1 rings (SSSR count). The highest BCUT2D eigenvalue weighted by Gasteiger charge is 2.24. The molecule has 0 aliphatic carbocycles. The molecule has 1 aliphatic rings. The van der Waals surface area contributed by atoms with E-state index in [-0.39, 0.29) is 11.9 Å². The minimum atomic E-state index is -3.37. The van der Waals surface area contributed by atoms with E-state index in [2.05, 4.69) is 4.72 Å². The van der Waals surface area contributed by atoms with E-state index in [9.17, 15) is 8.42 Å². The molecule has 1 heterocycles. The van der Waals surface area contributed by atoms with Gasteiger partial charge in [-0.3, -0.25) is 0 Å². The van der Waals surface area contributed by atoms with E-state index in [1.54, 1.807) is 0 Å². The molecular formula is C8H14N2O3S. The van der Waals surface area contributed by atoms with E-state index in [1.807, 2.05) is 6.07 Å². The van der Waals surface area contributed by atoms with Crippen molar-refractivity contribution in [3.8, 4) is 6.07 Å². The molecule has 1 fully saturated rings. The second-order valence-electron chi connectivity index (χ2n) is 3.39. The van der Waals surface area contributed by atoms with Crippen LogP contribution in [0.1, 0.15) is 19.8 Å². The molecular weight excluding hydrogens is 204 g/mol. The third kappa shape index (κ3) is 3.62. The fourth-order valence-electron chi connectivity index (χ4n) is 1.36. The summed E-state index contributed by atoms with van der Waals surface area (Å²) in [5.41, 5.74) is 0. The Kier molecular flexibility index (Phi) is 3.86. The summed E-state index contributed by atoms with van der Waals surface area (Å²) in [4.78, 5) is 0. The van der Waals surface area contributed by atoms with E-state index in [0.717, 1.165) is 12.8 Å². The van der Waals surface area contributed by atoms with E-state index in [4.69, 9.17) is 10.00 Å². The van der Waals surface area contributed by atoms with Crippen molar-refractivity contribution < 1.29 is 13.2 Å². The van der Waals surface area contributed by atoms with E-state index < -0.39 is 16.1 Å². The van der Waals surface area contributed by atoms with Crippen LogP contribution in [0.4, 0.5) is 0 Å². The van der Waals surface area contributed by atoms with E-state index >= 15 is 0 Å². The zero-order chi connectivity index (χ0) is 10.6. The summed E-state index contributed by atoms with van der Waals surface area (Å²) in [6, 6.07) is 1.14. The predicted molar refractivity (Wildman–Crippen MR) is 51.0 cm³/mol. The van der Waals surface area contributed by atoms with Gasteiger partial charge in [0, 0.05) is 6.61 Å². The molecule has 0 amide bonds. The number of hydrogen-bond donors (Lipinski definition) is 1. The average molecular weight is 218 g/mol. The molecule has 0 aromatic rings. The third-order valence-electron chi connectivity index (χ3n) is 1.98. The lowest BCUT2D eigenvalue weighted by Gasteiger charge is -2.11. The predicted octanol–water partition coefficient (Wildman–Crippen LogP) is -0.00312. The Morgan fingerprint density at radius 1 is 1.71 bits per heavy atom. The number of nitrogens with zero attached hydrogens (tertiary/aromatic N) is 1. The SMILES string of the molecule is CC(C#N)NS(=O)(=O)CC1CCCO1. The van der Waals surface area contributed by atoms with Crippen molar-refractivity contribution in [2.45, 2.75) is 31.9 Å². The van der Waals surface area contributed by atoms with Gasteiger partial charge in [-0.2, -0.15) is 9.98 Å². The van der Waals surface area contributed by atoms with Crippen LogP contribution in [0.2, 0.25) is 0 Å². The lowest BCUT2D eigenvalue weighted by atomic mass is 10.3. The van der Waals surface area contributed by atoms with Gasteiger partial charge in [-0.15, -0.1) is 0 Å². The van der Waals surface area contributed by atoms with Gasteiger partial charge in [0.1, 0.15) is 6.04 Å². The topological polar surface area (TPSA) is 79.2 Å². The Morgan fingerprint density at radius 2 is 2.43 bits per heavy atom. The maximum absolute atomic E-state index is 11.4. The minimum Gasteiger partial charge on any atom is -0.377 e. The zero-order valence-corrected chi connectivity index (χ0v) is 8.88. The monoisotopic (exact) mass is 218 g/mol. The van der Waals surface area contributed by atoms with Gasteiger partial charge in [-0.05, 0) is 19.8 Å². The van der Waals surface area contributed by atoms with Crippen molar-refractivity contribution >= 4 is 10.0 Å². The standard InChI is InChI=1S/C8H14N2O3S/c1-7(5-9)10-14(11,12)6-8-3-2-4-13-8/h7-8,10H,2-4,6H2,1H3. The molecule has 1 N–H and O–H groups in total. The molecule has 0 bridgehead atoms. The summed E-state index contributed by atoms with van der Waals surface area (Å²) in [5.74, 6) is -0.0426. The molecule has 0 spiro atoms. The lowest BCUT2D eigenvalue weighted by Crippen LogP contribution is -2.36. The molecule has 5 nitrogen and oxygen atoms in total. The Bertz CT molecular complexity index is 314. The summed E-state index contributed by atoms with van der Waals surface area (Å²) in [7, 11) is -3.37. The number of nitrogens with one attached hydrogen (secondary N) is 1. The smallest absolute Gasteiger partial charge is 0.215 e. The summed E-state index contributed by atoms with van der Waals surface area (Å²) in [5, 5.41) is 8.45. The first kappa shape index (κ1) is 11.4. The zero-order valence-electron chi connectivity index (χ0n) is 8.06. The van der Waals surface area contributed by atoms with Gasteiger partial charge in [0.15, 0.2) is 0 Å². The Morgan fingerprint density at radius 3 is 2.93 bits per heavy atom. The van der Waals surface area contributed by atoms with Crippen molar-refractivity contribution in [2.75, 3.05) is 12.4 Å². The van der Waals surface area contributed by atoms with Crippen LogP contribution < -0.4 is 4.72 Å². The molecule has 0 saturated carbocycles. The van der Waals surface area contributed by atoms with Crippen LogP contribution in [0.5, 0.6) is 0 Å². The second kappa shape index (κ2) is 4.73. The van der Waals surface area contributed by atoms with Crippen LogP contribution in [0, 0.1) is 11.3 Å². The number of hydrogen-bond acceptors (Lipinski definition) is 4. The quantitative estimate of drug-likeness (QED) is 0.720. The highest BCUT2D eigenvalue weighted by Crippen LogP contribution is 2.13. The minimum absolute atomic E-state index is 0.0426. The summed E-state index contributed by atoms with van der Waals surface area (Å²) < 4.78 is 30.3. The van der Waals surface area contributed by atoms with E-state index in [1.165, 1.54) is 6.92 Å². The molecule has 0 aromatic heterocycles. The second-order valence-corrected chi connectivity index (χ2v) is 5.18. The summed E-state index contributed by atoms with van der Waals surface area (Å²) in [6.07, 6.45) is 1.48. The Hall–Kier alpha value is -0.640. The van der Waals surface area contributed by atoms with Gasteiger partial charge in [-0.1, -0.05) is 0 Å². The van der Waals surface area contributed by atoms with Gasteiger partial charge < -0.3 is 4.74 Å². The van der Waals surface area contributed by atoms with Crippen LogP contribution in [0.25, 0.3) is 0 Å². The molecule has 1 aliphatic heterocycles. The van der Waals surface area contributed by atoms with Crippen molar-refractivity contribution in [2.24, 2.45) is 0 Å². The van der Waals surface area contributed by atoms with Gasteiger partial charge in [-0.25, -0.2) is 8.42 Å². The normalized spacial score (nSPS) is 24.4. The molecule has 80 valence electrons. The largest absolute Gasteiger partial charge is 0.377 e. The maximum atomic E-state index is 11.4. The molecule has 14 heavy (non-hydrogen) atoms. The molecule has 6 heteroatoms. The Labute approximate surface area is 84.1 Å². The van der Waals surface area contributed by atoms with Crippen molar-refractivity contribution in [3.63, 3.8) is 0 Å². The lowest BCUT2D eigenvalue weighted by molar-refractivity contribution is 0.127.